The van der Waals surface area contributed by atoms with Crippen molar-refractivity contribution in [3.05, 3.63) is 0 Å². The van der Waals surface area contributed by atoms with Gasteiger partial charge in [-0.1, -0.05) is 13.8 Å². The molecule has 0 amide bonds. The van der Waals surface area contributed by atoms with Crippen LogP contribution in [0.1, 0.15) is 33.6 Å². The summed E-state index contributed by atoms with van der Waals surface area (Å²) in [6.07, 6.45) is 0.418. The molecule has 0 aliphatic heterocycles. The van der Waals surface area contributed by atoms with E-state index in [1.54, 1.807) is 20.8 Å². The lowest BCUT2D eigenvalue weighted by Gasteiger charge is -2.29. The van der Waals surface area contributed by atoms with Crippen LogP contribution in [0.2, 0.25) is 0 Å². The molecule has 0 radical (unpaired) electrons. The third kappa shape index (κ3) is 5.64. The van der Waals surface area contributed by atoms with Crippen molar-refractivity contribution in [3.8, 4) is 0 Å². The van der Waals surface area contributed by atoms with E-state index >= 15 is 0 Å². The molecule has 2 N–H and O–H groups in total. The number of rotatable bonds is 8. The van der Waals surface area contributed by atoms with Crippen molar-refractivity contribution in [2.24, 2.45) is 0 Å². The highest BCUT2D eigenvalue weighted by Gasteiger charge is 2.37. The number of hydrogen-bond acceptors (Lipinski definition) is 4. The minimum absolute atomic E-state index is 0.162. The van der Waals surface area contributed by atoms with Crippen LogP contribution in [0.4, 0.5) is 0 Å². The molecule has 0 bridgehead atoms. The van der Waals surface area contributed by atoms with E-state index < -0.39 is 25.3 Å². The smallest absolute Gasteiger partial charge is 0.338 e. The maximum absolute atomic E-state index is 11.7. The topological polar surface area (TPSA) is 93.1 Å². The lowest BCUT2D eigenvalue weighted by molar-refractivity contribution is -0.173. The highest BCUT2D eigenvalue weighted by atomic mass is 31.2. The summed E-state index contributed by atoms with van der Waals surface area (Å²) in [6, 6.07) is 0. The summed E-state index contributed by atoms with van der Waals surface area (Å²) in [4.78, 5) is 29.2. The molecule has 0 aromatic heterocycles. The molecule has 0 spiro atoms. The zero-order valence-corrected chi connectivity index (χ0v) is 11.4. The van der Waals surface area contributed by atoms with Crippen LogP contribution in [-0.4, -0.2) is 40.7 Å². The van der Waals surface area contributed by atoms with Gasteiger partial charge in [-0.15, -0.1) is 0 Å². The predicted molar refractivity (Wildman–Crippen MR) is 62.8 cm³/mol. The molecule has 0 aromatic rings. The van der Waals surface area contributed by atoms with Crippen LogP contribution in [0, 0.1) is 0 Å². The molecular formula is C10H21O6P. The maximum atomic E-state index is 11.7. The van der Waals surface area contributed by atoms with E-state index in [0.717, 1.165) is 0 Å². The Morgan fingerprint density at radius 1 is 1.24 bits per heavy atom. The molecule has 0 aromatic carbocycles. The van der Waals surface area contributed by atoms with Crippen molar-refractivity contribution in [1.82, 2.24) is 0 Å². The maximum Gasteiger partial charge on any atom is 0.338 e. The van der Waals surface area contributed by atoms with Crippen LogP contribution in [0.5, 0.6) is 0 Å². The molecule has 17 heavy (non-hydrogen) atoms. The highest BCUT2D eigenvalue weighted by Crippen LogP contribution is 2.34. The van der Waals surface area contributed by atoms with Crippen molar-refractivity contribution in [2.45, 2.75) is 39.2 Å². The van der Waals surface area contributed by atoms with Gasteiger partial charge < -0.3 is 19.3 Å². The first-order chi connectivity index (χ1) is 7.81. The average Bonchev–Trinajstić information content (AvgIpc) is 2.23. The lowest BCUT2D eigenvalue weighted by atomic mass is 9.97. The van der Waals surface area contributed by atoms with E-state index in [4.69, 9.17) is 19.3 Å². The average molecular weight is 268 g/mol. The molecule has 0 fully saturated rings. The van der Waals surface area contributed by atoms with Crippen molar-refractivity contribution in [1.29, 1.82) is 0 Å². The molecule has 0 saturated carbocycles. The van der Waals surface area contributed by atoms with Crippen molar-refractivity contribution < 1.29 is 28.6 Å². The summed E-state index contributed by atoms with van der Waals surface area (Å²) >= 11 is 0. The van der Waals surface area contributed by atoms with E-state index in [9.17, 15) is 9.36 Å². The van der Waals surface area contributed by atoms with Gasteiger partial charge in [0, 0.05) is 0 Å². The Balaban J connectivity index is 4.51. The van der Waals surface area contributed by atoms with Crippen molar-refractivity contribution in [2.75, 3.05) is 19.4 Å². The Bertz CT molecular complexity index is 281. The predicted octanol–water partition coefficient (Wildman–Crippen LogP) is 1.30. The molecule has 0 atom stereocenters. The summed E-state index contributed by atoms with van der Waals surface area (Å²) in [5.74, 6) is -0.476. The van der Waals surface area contributed by atoms with Crippen molar-refractivity contribution >= 4 is 13.6 Å². The fraction of sp³-hybridized carbons (Fsp3) is 0.900. The van der Waals surface area contributed by atoms with Gasteiger partial charge >= 0.3 is 13.6 Å². The third-order valence-corrected chi connectivity index (χ3v) is 3.32. The second kappa shape index (κ2) is 7.11. The van der Waals surface area contributed by atoms with Crippen LogP contribution in [-0.2, 0) is 18.8 Å². The quantitative estimate of drug-likeness (QED) is 0.509. The molecular weight excluding hydrogens is 247 g/mol. The minimum atomic E-state index is -4.10. The van der Waals surface area contributed by atoms with Gasteiger partial charge in [-0.2, -0.15) is 0 Å². The van der Waals surface area contributed by atoms with Crippen LogP contribution in [0.3, 0.4) is 0 Å². The Hall–Kier alpha value is -0.420. The molecule has 7 heteroatoms. The van der Waals surface area contributed by atoms with E-state index in [0.29, 0.717) is 12.8 Å². The first-order valence-corrected chi connectivity index (χ1v) is 7.46. The molecule has 6 nitrogen and oxygen atoms in total. The first-order valence-electron chi connectivity index (χ1n) is 5.67. The summed E-state index contributed by atoms with van der Waals surface area (Å²) < 4.78 is 21.0. The summed E-state index contributed by atoms with van der Waals surface area (Å²) in [7, 11) is -4.10. The number of carbonyl (C=O) groups excluding carboxylic acids is 1. The van der Waals surface area contributed by atoms with E-state index in [-0.39, 0.29) is 13.2 Å². The van der Waals surface area contributed by atoms with Gasteiger partial charge in [0.15, 0.2) is 5.60 Å². The van der Waals surface area contributed by atoms with Crippen LogP contribution in [0.15, 0.2) is 0 Å². The van der Waals surface area contributed by atoms with Crippen LogP contribution >= 0.6 is 7.60 Å². The fourth-order valence-corrected chi connectivity index (χ4v) is 1.75. The summed E-state index contributed by atoms with van der Waals surface area (Å²) in [6.45, 7) is 5.34. The Morgan fingerprint density at radius 3 is 2.12 bits per heavy atom. The van der Waals surface area contributed by atoms with Gasteiger partial charge in [-0.25, -0.2) is 4.79 Å². The monoisotopic (exact) mass is 268 g/mol. The molecule has 0 rings (SSSR count). The summed E-state index contributed by atoms with van der Waals surface area (Å²) in [5.41, 5.74) is -1.09. The SMILES string of the molecule is CCOC(=O)C(CC)(CC)OCCP(=O)(O)O. The Morgan fingerprint density at radius 2 is 1.76 bits per heavy atom. The van der Waals surface area contributed by atoms with Gasteiger partial charge in [-0.05, 0) is 19.8 Å². The molecule has 0 aliphatic carbocycles. The van der Waals surface area contributed by atoms with Gasteiger partial charge in [0.2, 0.25) is 0 Å². The largest absolute Gasteiger partial charge is 0.464 e. The van der Waals surface area contributed by atoms with Crippen molar-refractivity contribution in [3.63, 3.8) is 0 Å². The normalized spacial score (nSPS) is 12.5. The molecule has 0 heterocycles. The van der Waals surface area contributed by atoms with Crippen LogP contribution in [0.25, 0.3) is 0 Å². The number of ether oxygens (including phenoxy) is 2. The fourth-order valence-electron chi connectivity index (χ4n) is 1.42. The molecule has 102 valence electrons. The molecule has 0 saturated heterocycles. The van der Waals surface area contributed by atoms with E-state index in [1.807, 2.05) is 0 Å². The van der Waals surface area contributed by atoms with E-state index in [2.05, 4.69) is 0 Å². The Labute approximate surface area is 101 Å². The number of esters is 1. The summed E-state index contributed by atoms with van der Waals surface area (Å²) in [5, 5.41) is 0. The van der Waals surface area contributed by atoms with E-state index in [1.165, 1.54) is 0 Å². The first kappa shape index (κ1) is 16.6. The second-order valence-corrected chi connectivity index (χ2v) is 5.44. The van der Waals surface area contributed by atoms with Crippen LogP contribution < -0.4 is 0 Å². The lowest BCUT2D eigenvalue weighted by Crippen LogP contribution is -2.42. The van der Waals surface area contributed by atoms with Gasteiger partial charge in [0.05, 0.1) is 19.4 Å². The zero-order valence-electron chi connectivity index (χ0n) is 10.5. The molecule has 0 unspecified atom stereocenters. The number of hydrogen-bond donors (Lipinski definition) is 2. The molecule has 0 aliphatic rings. The standard InChI is InChI=1S/C10H21O6P/c1-4-10(5-2,9(11)15-6-3)16-7-8-17(12,13)14/h4-8H2,1-3H3,(H2,12,13,14). The minimum Gasteiger partial charge on any atom is -0.464 e. The zero-order chi connectivity index (χ0) is 13.5. The Kier molecular flexibility index (Phi) is 6.94. The van der Waals surface area contributed by atoms with Gasteiger partial charge in [0.1, 0.15) is 0 Å². The number of carbonyl (C=O) groups is 1. The third-order valence-electron chi connectivity index (χ3n) is 2.55. The second-order valence-electron chi connectivity index (χ2n) is 3.66. The highest BCUT2D eigenvalue weighted by molar-refractivity contribution is 7.51. The van der Waals surface area contributed by atoms with Gasteiger partial charge in [0.25, 0.3) is 0 Å². The van der Waals surface area contributed by atoms with Gasteiger partial charge in [-0.3, -0.25) is 4.57 Å².